The number of nitrogens with one attached hydrogen (secondary N) is 2. The second-order valence-corrected chi connectivity index (χ2v) is 6.60. The van der Waals surface area contributed by atoms with Gasteiger partial charge in [-0.3, -0.25) is 4.79 Å². The van der Waals surface area contributed by atoms with Crippen molar-refractivity contribution in [3.8, 4) is 0 Å². The Hall–Kier alpha value is -2.43. The molecule has 1 aliphatic rings. The molecule has 4 rings (SSSR count). The highest BCUT2D eigenvalue weighted by molar-refractivity contribution is 6.09. The minimum absolute atomic E-state index is 0.216. The molecule has 2 N–H and O–H groups in total. The van der Waals surface area contributed by atoms with Gasteiger partial charge in [-0.1, -0.05) is 19.3 Å². The Morgan fingerprint density at radius 2 is 2.00 bits per heavy atom. The number of H-pyrrole nitrogens is 1. The number of aromatic nitrogens is 2. The Labute approximate surface area is 139 Å². The summed E-state index contributed by atoms with van der Waals surface area (Å²) in [5.41, 5.74) is 0.415. The first-order chi connectivity index (χ1) is 11.7. The molecule has 2 heterocycles. The molecular formula is C19H20FN3O. The maximum absolute atomic E-state index is 13.6. The highest BCUT2D eigenvalue weighted by atomic mass is 19.1. The maximum atomic E-state index is 13.6. The summed E-state index contributed by atoms with van der Waals surface area (Å²) >= 11 is 0. The zero-order valence-electron chi connectivity index (χ0n) is 13.4. The molecule has 1 aliphatic carbocycles. The Kier molecular flexibility index (Phi) is 3.92. The third kappa shape index (κ3) is 2.75. The maximum Gasteiger partial charge on any atom is 0.256 e. The van der Waals surface area contributed by atoms with Gasteiger partial charge in [-0.2, -0.15) is 0 Å². The van der Waals surface area contributed by atoms with Crippen LogP contribution in [0.5, 0.6) is 0 Å². The van der Waals surface area contributed by atoms with Gasteiger partial charge in [0.05, 0.1) is 10.9 Å². The summed E-state index contributed by atoms with van der Waals surface area (Å²) in [6, 6.07) is 6.22. The highest BCUT2D eigenvalue weighted by Crippen LogP contribution is 2.29. The molecule has 2 aromatic heterocycles. The Morgan fingerprint density at radius 1 is 1.17 bits per heavy atom. The van der Waals surface area contributed by atoms with E-state index in [1.54, 1.807) is 12.3 Å². The van der Waals surface area contributed by atoms with Crippen molar-refractivity contribution in [2.45, 2.75) is 32.1 Å². The minimum atomic E-state index is -0.364. The van der Waals surface area contributed by atoms with E-state index in [1.165, 1.54) is 44.2 Å². The lowest BCUT2D eigenvalue weighted by molar-refractivity contribution is 0.373. The molecule has 0 unspecified atom stereocenters. The van der Waals surface area contributed by atoms with Crippen molar-refractivity contribution < 1.29 is 4.39 Å². The van der Waals surface area contributed by atoms with Gasteiger partial charge in [0.25, 0.3) is 5.56 Å². The van der Waals surface area contributed by atoms with Gasteiger partial charge in [-0.25, -0.2) is 9.37 Å². The van der Waals surface area contributed by atoms with Crippen LogP contribution >= 0.6 is 0 Å². The van der Waals surface area contributed by atoms with Crippen molar-refractivity contribution in [3.05, 3.63) is 46.6 Å². The number of fused-ring (bicyclic) bond motifs is 3. The quantitative estimate of drug-likeness (QED) is 0.709. The molecule has 0 saturated heterocycles. The fourth-order valence-electron chi connectivity index (χ4n) is 3.70. The minimum Gasteiger partial charge on any atom is -0.369 e. The zero-order chi connectivity index (χ0) is 16.5. The lowest BCUT2D eigenvalue weighted by Crippen LogP contribution is -2.18. The van der Waals surface area contributed by atoms with E-state index in [4.69, 9.17) is 0 Å². The monoisotopic (exact) mass is 325 g/mol. The van der Waals surface area contributed by atoms with E-state index in [9.17, 15) is 9.18 Å². The number of pyridine rings is 2. The van der Waals surface area contributed by atoms with Gasteiger partial charge in [0.2, 0.25) is 0 Å². The van der Waals surface area contributed by atoms with Gasteiger partial charge < -0.3 is 10.3 Å². The van der Waals surface area contributed by atoms with Crippen LogP contribution in [0.25, 0.3) is 21.7 Å². The van der Waals surface area contributed by atoms with Crippen molar-refractivity contribution in [2.75, 3.05) is 11.9 Å². The van der Waals surface area contributed by atoms with E-state index in [-0.39, 0.29) is 11.4 Å². The first kappa shape index (κ1) is 15.1. The topological polar surface area (TPSA) is 57.8 Å². The number of rotatable bonds is 3. The van der Waals surface area contributed by atoms with Gasteiger partial charge >= 0.3 is 0 Å². The average Bonchev–Trinajstić information content (AvgIpc) is 2.61. The molecule has 0 bridgehead atoms. The zero-order valence-corrected chi connectivity index (χ0v) is 13.4. The second kappa shape index (κ2) is 6.23. The summed E-state index contributed by atoms with van der Waals surface area (Å²) in [5.74, 6) is 0.999. The fraction of sp³-hybridized carbons (Fsp3) is 0.368. The van der Waals surface area contributed by atoms with Crippen LogP contribution in [0.4, 0.5) is 10.2 Å². The number of benzene rings is 1. The molecule has 24 heavy (non-hydrogen) atoms. The summed E-state index contributed by atoms with van der Waals surface area (Å²) in [6.45, 7) is 0.863. The number of hydrogen-bond donors (Lipinski definition) is 2. The van der Waals surface area contributed by atoms with Gasteiger partial charge in [-0.05, 0) is 43.0 Å². The molecule has 3 aromatic rings. The first-order valence-corrected chi connectivity index (χ1v) is 8.57. The van der Waals surface area contributed by atoms with Crippen molar-refractivity contribution >= 4 is 27.5 Å². The molecule has 0 atom stereocenters. The van der Waals surface area contributed by atoms with Crippen LogP contribution in [0, 0.1) is 11.7 Å². The number of anilines is 1. The molecule has 124 valence electrons. The molecular weight excluding hydrogens is 305 g/mol. The van der Waals surface area contributed by atoms with Crippen LogP contribution in [-0.4, -0.2) is 16.5 Å². The SMILES string of the molecule is O=c1[nH]ccc2c(NCC3CCCCC3)nc3ccc(F)cc3c12. The molecule has 1 saturated carbocycles. The fourth-order valence-corrected chi connectivity index (χ4v) is 3.70. The predicted molar refractivity (Wildman–Crippen MR) is 94.9 cm³/mol. The smallest absolute Gasteiger partial charge is 0.256 e. The standard InChI is InChI=1S/C19H20FN3O/c20-13-6-7-16-15(10-13)17-14(8-9-21-19(17)24)18(23-16)22-11-12-4-2-1-3-5-12/h6-10,12H,1-5,11H2,(H,21,24)(H,22,23). The molecule has 0 spiro atoms. The van der Waals surface area contributed by atoms with Crippen LogP contribution in [0.1, 0.15) is 32.1 Å². The van der Waals surface area contributed by atoms with Gasteiger partial charge in [-0.15, -0.1) is 0 Å². The van der Waals surface area contributed by atoms with Gasteiger partial charge in [0.1, 0.15) is 11.6 Å². The van der Waals surface area contributed by atoms with Crippen LogP contribution in [0.2, 0.25) is 0 Å². The normalized spacial score (nSPS) is 15.9. The summed E-state index contributed by atoms with van der Waals surface area (Å²) in [4.78, 5) is 19.7. The number of nitrogens with zero attached hydrogens (tertiary/aromatic N) is 1. The van der Waals surface area contributed by atoms with E-state index in [1.807, 2.05) is 6.07 Å². The van der Waals surface area contributed by atoms with Gasteiger partial charge in [0, 0.05) is 23.5 Å². The van der Waals surface area contributed by atoms with E-state index in [0.717, 1.165) is 11.9 Å². The first-order valence-electron chi connectivity index (χ1n) is 8.57. The lowest BCUT2D eigenvalue weighted by atomic mass is 9.89. The van der Waals surface area contributed by atoms with E-state index in [0.29, 0.717) is 28.0 Å². The average molecular weight is 325 g/mol. The van der Waals surface area contributed by atoms with Gasteiger partial charge in [0.15, 0.2) is 0 Å². The van der Waals surface area contributed by atoms with Crippen molar-refractivity contribution in [2.24, 2.45) is 5.92 Å². The molecule has 1 aromatic carbocycles. The summed E-state index contributed by atoms with van der Waals surface area (Å²) in [5, 5.41) is 5.22. The Morgan fingerprint density at radius 3 is 2.83 bits per heavy atom. The van der Waals surface area contributed by atoms with Crippen LogP contribution in [0.15, 0.2) is 35.3 Å². The molecule has 0 amide bonds. The number of aromatic amines is 1. The third-order valence-corrected chi connectivity index (χ3v) is 4.96. The van der Waals surface area contributed by atoms with Crippen LogP contribution in [-0.2, 0) is 0 Å². The Bertz CT molecular complexity index is 944. The van der Waals surface area contributed by atoms with Crippen molar-refractivity contribution in [1.29, 1.82) is 0 Å². The number of hydrogen-bond acceptors (Lipinski definition) is 3. The van der Waals surface area contributed by atoms with Crippen LogP contribution < -0.4 is 10.9 Å². The molecule has 0 radical (unpaired) electrons. The van der Waals surface area contributed by atoms with E-state index >= 15 is 0 Å². The van der Waals surface area contributed by atoms with Crippen LogP contribution in [0.3, 0.4) is 0 Å². The molecule has 4 nitrogen and oxygen atoms in total. The lowest BCUT2D eigenvalue weighted by Gasteiger charge is -2.22. The van der Waals surface area contributed by atoms with E-state index < -0.39 is 0 Å². The largest absolute Gasteiger partial charge is 0.369 e. The van der Waals surface area contributed by atoms with Crippen molar-refractivity contribution in [1.82, 2.24) is 9.97 Å². The van der Waals surface area contributed by atoms with Crippen molar-refractivity contribution in [3.63, 3.8) is 0 Å². The molecule has 1 fully saturated rings. The second-order valence-electron chi connectivity index (χ2n) is 6.60. The molecule has 0 aliphatic heterocycles. The predicted octanol–water partition coefficient (Wildman–Crippen LogP) is 4.21. The molecule has 5 heteroatoms. The Balaban J connectivity index is 1.80. The summed E-state index contributed by atoms with van der Waals surface area (Å²) in [7, 11) is 0. The third-order valence-electron chi connectivity index (χ3n) is 4.96. The van der Waals surface area contributed by atoms with E-state index in [2.05, 4.69) is 15.3 Å². The summed E-state index contributed by atoms with van der Waals surface area (Å²) < 4.78 is 13.6. The number of halogens is 1. The summed E-state index contributed by atoms with van der Waals surface area (Å²) in [6.07, 6.45) is 8.00. The highest BCUT2D eigenvalue weighted by Gasteiger charge is 2.16.